The molecular weight excluding hydrogens is 236 g/mol. The molecule has 1 aliphatic carbocycles. The van der Waals surface area contributed by atoms with Crippen molar-refractivity contribution < 1.29 is 4.79 Å². The van der Waals surface area contributed by atoms with Crippen molar-refractivity contribution in [2.75, 3.05) is 19.6 Å². The molecule has 1 amide bonds. The van der Waals surface area contributed by atoms with E-state index in [-0.39, 0.29) is 17.4 Å². The van der Waals surface area contributed by atoms with Crippen LogP contribution in [0, 0.1) is 5.92 Å². The quantitative estimate of drug-likeness (QED) is 0.848. The second kappa shape index (κ2) is 6.74. The van der Waals surface area contributed by atoms with Crippen molar-refractivity contribution in [1.29, 1.82) is 0 Å². The highest BCUT2D eigenvalue weighted by molar-refractivity contribution is 5.77. The number of nitrogens with zero attached hydrogens (tertiary/aromatic N) is 1. The third-order valence-electron chi connectivity index (χ3n) is 4.93. The largest absolute Gasteiger partial charge is 0.354 e. The number of carbonyl (C=O) groups is 1. The Labute approximate surface area is 118 Å². The van der Waals surface area contributed by atoms with Gasteiger partial charge in [-0.2, -0.15) is 0 Å². The van der Waals surface area contributed by atoms with Crippen LogP contribution in [-0.4, -0.2) is 36.0 Å². The molecule has 3 nitrogen and oxygen atoms in total. The Kier molecular flexibility index (Phi) is 5.26. The van der Waals surface area contributed by atoms with Crippen LogP contribution in [-0.2, 0) is 4.79 Å². The third-order valence-corrected chi connectivity index (χ3v) is 4.93. The number of carbonyl (C=O) groups excluding carboxylic acids is 1. The summed E-state index contributed by atoms with van der Waals surface area (Å²) in [6.07, 6.45) is 10.6. The van der Waals surface area contributed by atoms with Gasteiger partial charge in [-0.25, -0.2) is 0 Å². The Morgan fingerprint density at radius 2 is 1.63 bits per heavy atom. The zero-order valence-corrected chi connectivity index (χ0v) is 12.7. The third kappa shape index (κ3) is 3.71. The molecular formula is C16H30N2O. The van der Waals surface area contributed by atoms with Crippen LogP contribution in [0.2, 0.25) is 0 Å². The predicted octanol–water partition coefficient (Wildman–Crippen LogP) is 2.95. The van der Waals surface area contributed by atoms with Gasteiger partial charge in [0.05, 0.1) is 0 Å². The van der Waals surface area contributed by atoms with E-state index in [1.54, 1.807) is 0 Å². The van der Waals surface area contributed by atoms with Crippen LogP contribution >= 0.6 is 0 Å². The van der Waals surface area contributed by atoms with Crippen LogP contribution in [0.15, 0.2) is 0 Å². The molecule has 110 valence electrons. The van der Waals surface area contributed by atoms with Gasteiger partial charge in [-0.15, -0.1) is 0 Å². The number of piperidine rings is 1. The van der Waals surface area contributed by atoms with E-state index in [0.717, 1.165) is 6.54 Å². The minimum atomic E-state index is 0.0991. The molecule has 2 rings (SSSR count). The fraction of sp³-hybridized carbons (Fsp3) is 0.938. The molecule has 0 spiro atoms. The normalized spacial score (nSPS) is 24.4. The molecule has 0 bridgehead atoms. The maximum Gasteiger partial charge on any atom is 0.222 e. The van der Waals surface area contributed by atoms with Crippen LogP contribution in [0.3, 0.4) is 0 Å². The summed E-state index contributed by atoms with van der Waals surface area (Å²) < 4.78 is 0. The first-order valence-electron chi connectivity index (χ1n) is 8.17. The van der Waals surface area contributed by atoms with E-state index in [9.17, 15) is 4.79 Å². The van der Waals surface area contributed by atoms with E-state index in [1.165, 1.54) is 64.5 Å². The van der Waals surface area contributed by atoms with Crippen molar-refractivity contribution in [1.82, 2.24) is 10.2 Å². The van der Waals surface area contributed by atoms with E-state index in [2.05, 4.69) is 10.2 Å². The summed E-state index contributed by atoms with van der Waals surface area (Å²) in [5.41, 5.74) is 0.267. The number of hydrogen-bond acceptors (Lipinski definition) is 2. The van der Waals surface area contributed by atoms with Crippen molar-refractivity contribution in [2.45, 2.75) is 70.8 Å². The minimum absolute atomic E-state index is 0.0991. The molecule has 2 fully saturated rings. The van der Waals surface area contributed by atoms with Gasteiger partial charge in [0.25, 0.3) is 0 Å². The lowest BCUT2D eigenvalue weighted by Crippen LogP contribution is -2.58. The van der Waals surface area contributed by atoms with E-state index >= 15 is 0 Å². The molecule has 0 aromatic rings. The molecule has 19 heavy (non-hydrogen) atoms. The lowest BCUT2D eigenvalue weighted by molar-refractivity contribution is -0.125. The zero-order valence-electron chi connectivity index (χ0n) is 12.7. The Hall–Kier alpha value is -0.570. The maximum absolute atomic E-state index is 11.9. The Morgan fingerprint density at radius 3 is 2.21 bits per heavy atom. The average Bonchev–Trinajstić information content (AvgIpc) is 2.46. The van der Waals surface area contributed by atoms with Crippen LogP contribution in [0.1, 0.15) is 65.2 Å². The van der Waals surface area contributed by atoms with E-state index in [4.69, 9.17) is 0 Å². The monoisotopic (exact) mass is 266 g/mol. The summed E-state index contributed by atoms with van der Waals surface area (Å²) >= 11 is 0. The molecule has 2 aliphatic rings. The fourth-order valence-corrected chi connectivity index (χ4v) is 3.64. The van der Waals surface area contributed by atoms with E-state index in [0.29, 0.717) is 0 Å². The van der Waals surface area contributed by atoms with Crippen molar-refractivity contribution in [3.05, 3.63) is 0 Å². The van der Waals surface area contributed by atoms with E-state index in [1.807, 2.05) is 13.8 Å². The highest BCUT2D eigenvalue weighted by Crippen LogP contribution is 2.35. The van der Waals surface area contributed by atoms with Gasteiger partial charge in [0.15, 0.2) is 0 Å². The first-order valence-corrected chi connectivity index (χ1v) is 8.17. The van der Waals surface area contributed by atoms with Gasteiger partial charge in [-0.1, -0.05) is 39.5 Å². The van der Waals surface area contributed by atoms with Crippen molar-refractivity contribution >= 4 is 5.91 Å². The van der Waals surface area contributed by atoms with Gasteiger partial charge in [0, 0.05) is 18.0 Å². The topological polar surface area (TPSA) is 32.3 Å². The summed E-state index contributed by atoms with van der Waals surface area (Å²) in [6, 6.07) is 0. The molecule has 3 heteroatoms. The van der Waals surface area contributed by atoms with Gasteiger partial charge in [-0.3, -0.25) is 9.69 Å². The highest BCUT2D eigenvalue weighted by atomic mass is 16.1. The van der Waals surface area contributed by atoms with Gasteiger partial charge >= 0.3 is 0 Å². The molecule has 0 aromatic heterocycles. The molecule has 0 aromatic carbocycles. The summed E-state index contributed by atoms with van der Waals surface area (Å²) in [5, 5.41) is 3.21. The molecule has 0 atom stereocenters. The lowest BCUT2D eigenvalue weighted by Gasteiger charge is -2.48. The molecule has 1 N–H and O–H groups in total. The van der Waals surface area contributed by atoms with Gasteiger partial charge in [0.1, 0.15) is 0 Å². The summed E-state index contributed by atoms with van der Waals surface area (Å²) in [7, 11) is 0. The van der Waals surface area contributed by atoms with Crippen molar-refractivity contribution in [2.24, 2.45) is 5.92 Å². The minimum Gasteiger partial charge on any atom is -0.354 e. The van der Waals surface area contributed by atoms with Crippen LogP contribution < -0.4 is 5.32 Å². The predicted molar refractivity (Wildman–Crippen MR) is 79.1 cm³/mol. The molecule has 1 aliphatic heterocycles. The molecule has 0 radical (unpaired) electrons. The SMILES string of the molecule is CC(C)C(=O)NCC1(N2CCCCC2)CCCCC1. The summed E-state index contributed by atoms with van der Waals surface area (Å²) in [6.45, 7) is 7.28. The Balaban J connectivity index is 1.99. The average molecular weight is 266 g/mol. The molecule has 1 heterocycles. The Bertz CT molecular complexity index is 289. The highest BCUT2D eigenvalue weighted by Gasteiger charge is 2.38. The van der Waals surface area contributed by atoms with Crippen LogP contribution in [0.4, 0.5) is 0 Å². The fourth-order valence-electron chi connectivity index (χ4n) is 3.64. The van der Waals surface area contributed by atoms with Crippen molar-refractivity contribution in [3.63, 3.8) is 0 Å². The van der Waals surface area contributed by atoms with Crippen LogP contribution in [0.5, 0.6) is 0 Å². The first-order chi connectivity index (χ1) is 9.14. The van der Waals surface area contributed by atoms with Crippen molar-refractivity contribution in [3.8, 4) is 0 Å². The molecule has 1 saturated carbocycles. The van der Waals surface area contributed by atoms with Gasteiger partial charge in [-0.05, 0) is 38.8 Å². The lowest BCUT2D eigenvalue weighted by atomic mass is 9.79. The summed E-state index contributed by atoms with van der Waals surface area (Å²) in [5.74, 6) is 0.309. The van der Waals surface area contributed by atoms with Crippen LogP contribution in [0.25, 0.3) is 0 Å². The van der Waals surface area contributed by atoms with E-state index < -0.39 is 0 Å². The number of likely N-dealkylation sites (tertiary alicyclic amines) is 1. The van der Waals surface area contributed by atoms with Gasteiger partial charge in [0.2, 0.25) is 5.91 Å². The summed E-state index contributed by atoms with van der Waals surface area (Å²) in [4.78, 5) is 14.6. The molecule has 0 unspecified atom stereocenters. The number of amides is 1. The molecule has 1 saturated heterocycles. The maximum atomic E-state index is 11.9. The number of rotatable bonds is 4. The second-order valence-electron chi connectivity index (χ2n) is 6.71. The number of hydrogen-bond donors (Lipinski definition) is 1. The number of nitrogens with one attached hydrogen (secondary N) is 1. The smallest absolute Gasteiger partial charge is 0.222 e. The standard InChI is InChI=1S/C16H30N2O/c1-14(2)15(19)17-13-16(9-5-3-6-10-16)18-11-7-4-8-12-18/h14H,3-13H2,1-2H3,(H,17,19). The Morgan fingerprint density at radius 1 is 1.05 bits per heavy atom. The first kappa shape index (κ1) is 14.8. The second-order valence-corrected chi connectivity index (χ2v) is 6.71. The zero-order chi connectivity index (χ0) is 13.7. The van der Waals surface area contributed by atoms with Gasteiger partial charge < -0.3 is 5.32 Å².